The summed E-state index contributed by atoms with van der Waals surface area (Å²) in [7, 11) is 0. The van der Waals surface area contributed by atoms with Gasteiger partial charge in [-0.1, -0.05) is 48.5 Å². The van der Waals surface area contributed by atoms with Gasteiger partial charge in [-0.3, -0.25) is 4.98 Å². The number of carbonyl (C=O) groups is 1. The summed E-state index contributed by atoms with van der Waals surface area (Å²) in [6.07, 6.45) is 2.70. The van der Waals surface area contributed by atoms with E-state index in [1.165, 1.54) is 0 Å². The molecule has 0 spiro atoms. The molecule has 0 radical (unpaired) electrons. The number of hydrogen-bond acceptors (Lipinski definition) is 4. The number of hydrogen-bond donors (Lipinski definition) is 1. The smallest absolute Gasteiger partial charge is 0.409 e. The summed E-state index contributed by atoms with van der Waals surface area (Å²) in [5, 5.41) is 4.22. The molecule has 0 aliphatic rings. The van der Waals surface area contributed by atoms with Crippen LogP contribution in [0.3, 0.4) is 0 Å². The molecular weight excluding hydrogens is 302 g/mol. The van der Waals surface area contributed by atoms with Crippen LogP contribution in [0.4, 0.5) is 4.79 Å². The van der Waals surface area contributed by atoms with Gasteiger partial charge in [0.05, 0.1) is 5.71 Å². The van der Waals surface area contributed by atoms with Crippen molar-refractivity contribution in [2.24, 2.45) is 5.10 Å². The molecule has 0 aliphatic carbocycles. The number of hydrazone groups is 1. The van der Waals surface area contributed by atoms with Gasteiger partial charge in [0.1, 0.15) is 5.75 Å². The fourth-order valence-corrected chi connectivity index (χ4v) is 2.12. The van der Waals surface area contributed by atoms with E-state index >= 15 is 0 Å². The number of carbonyl (C=O) groups excluding carboxylic acids is 1. The van der Waals surface area contributed by atoms with Gasteiger partial charge in [-0.05, 0) is 24.3 Å². The van der Waals surface area contributed by atoms with Crippen molar-refractivity contribution in [3.8, 4) is 5.75 Å². The lowest BCUT2D eigenvalue weighted by atomic mass is 10.0. The number of nitrogens with one attached hydrogen (secondary N) is 1. The van der Waals surface area contributed by atoms with Crippen LogP contribution in [0.25, 0.3) is 0 Å². The average Bonchev–Trinajstić information content (AvgIpc) is 2.64. The van der Waals surface area contributed by atoms with E-state index < -0.39 is 6.09 Å². The number of amides is 1. The largest absolute Gasteiger partial charge is 0.433 e. The Morgan fingerprint density at radius 3 is 2.08 bits per heavy atom. The third kappa shape index (κ3) is 4.04. The zero-order valence-corrected chi connectivity index (χ0v) is 12.8. The molecule has 0 atom stereocenters. The highest BCUT2D eigenvalue weighted by atomic mass is 16.6. The number of benzene rings is 2. The molecule has 1 heterocycles. The van der Waals surface area contributed by atoms with Crippen LogP contribution in [-0.4, -0.2) is 16.8 Å². The van der Waals surface area contributed by atoms with Gasteiger partial charge >= 0.3 is 6.09 Å². The maximum Gasteiger partial charge on any atom is 0.433 e. The number of ether oxygens (including phenoxy) is 1. The summed E-state index contributed by atoms with van der Waals surface area (Å²) in [5.74, 6) is 0.454. The fraction of sp³-hybridized carbons (Fsp3) is 0. The van der Waals surface area contributed by atoms with Gasteiger partial charge in [0.25, 0.3) is 0 Å². The number of nitrogens with zero attached hydrogens (tertiary/aromatic N) is 2. The molecule has 1 N–H and O–H groups in total. The van der Waals surface area contributed by atoms with E-state index in [4.69, 9.17) is 4.74 Å². The zero-order chi connectivity index (χ0) is 16.6. The number of aromatic nitrogens is 1. The second kappa shape index (κ2) is 7.69. The molecule has 3 aromatic rings. The summed E-state index contributed by atoms with van der Waals surface area (Å²) < 4.78 is 5.17. The first-order chi connectivity index (χ1) is 11.8. The van der Waals surface area contributed by atoms with Crippen LogP contribution in [0.15, 0.2) is 90.3 Å². The second-order valence-corrected chi connectivity index (χ2v) is 4.88. The summed E-state index contributed by atoms with van der Waals surface area (Å²) >= 11 is 0. The Kier molecular flexibility index (Phi) is 4.94. The maximum atomic E-state index is 11.9. The van der Waals surface area contributed by atoms with Gasteiger partial charge in [0.15, 0.2) is 0 Å². The molecular formula is C19H15N3O2. The summed E-state index contributed by atoms with van der Waals surface area (Å²) in [5.41, 5.74) is 4.78. The minimum absolute atomic E-state index is 0.454. The minimum Gasteiger partial charge on any atom is -0.409 e. The molecule has 0 aliphatic heterocycles. The molecule has 0 unspecified atom stereocenters. The van der Waals surface area contributed by atoms with Crippen LogP contribution in [-0.2, 0) is 0 Å². The Morgan fingerprint density at radius 1 is 0.833 bits per heavy atom. The summed E-state index contributed by atoms with van der Waals surface area (Å²) in [6, 6.07) is 22.1. The first kappa shape index (κ1) is 15.4. The molecule has 3 rings (SSSR count). The zero-order valence-electron chi connectivity index (χ0n) is 12.8. The van der Waals surface area contributed by atoms with E-state index in [2.05, 4.69) is 15.5 Å². The SMILES string of the molecule is O=C(NN=C(c1ccccc1)c1ccncc1)Oc1ccccc1. The highest BCUT2D eigenvalue weighted by molar-refractivity contribution is 6.12. The second-order valence-electron chi connectivity index (χ2n) is 4.88. The van der Waals surface area contributed by atoms with E-state index in [0.29, 0.717) is 11.5 Å². The molecule has 5 nitrogen and oxygen atoms in total. The number of para-hydroxylation sites is 1. The molecule has 1 aromatic heterocycles. The fourth-order valence-electron chi connectivity index (χ4n) is 2.12. The van der Waals surface area contributed by atoms with E-state index in [-0.39, 0.29) is 0 Å². The maximum absolute atomic E-state index is 11.9. The van der Waals surface area contributed by atoms with Crippen LogP contribution in [0.2, 0.25) is 0 Å². The van der Waals surface area contributed by atoms with E-state index in [1.54, 1.807) is 36.7 Å². The van der Waals surface area contributed by atoms with Crippen molar-refractivity contribution in [2.75, 3.05) is 0 Å². The summed E-state index contributed by atoms with van der Waals surface area (Å²) in [4.78, 5) is 15.9. The lowest BCUT2D eigenvalue weighted by Crippen LogP contribution is -2.24. The van der Waals surface area contributed by atoms with Gasteiger partial charge in [-0.2, -0.15) is 5.10 Å². The molecule has 5 heteroatoms. The Hall–Kier alpha value is -3.47. The third-order valence-electron chi connectivity index (χ3n) is 3.21. The molecule has 0 fully saturated rings. The monoisotopic (exact) mass is 317 g/mol. The van der Waals surface area contributed by atoms with Crippen molar-refractivity contribution in [1.82, 2.24) is 10.4 Å². The lowest BCUT2D eigenvalue weighted by Gasteiger charge is -2.08. The van der Waals surface area contributed by atoms with Crippen LogP contribution in [0.5, 0.6) is 5.75 Å². The van der Waals surface area contributed by atoms with Crippen molar-refractivity contribution < 1.29 is 9.53 Å². The Balaban J connectivity index is 1.81. The average molecular weight is 317 g/mol. The quantitative estimate of drug-likeness (QED) is 0.590. The van der Waals surface area contributed by atoms with Crippen molar-refractivity contribution in [3.63, 3.8) is 0 Å². The van der Waals surface area contributed by atoms with Gasteiger partial charge in [-0.25, -0.2) is 10.2 Å². The topological polar surface area (TPSA) is 63.6 Å². The van der Waals surface area contributed by atoms with Crippen LogP contribution < -0.4 is 10.2 Å². The number of rotatable bonds is 4. The molecule has 0 bridgehead atoms. The third-order valence-corrected chi connectivity index (χ3v) is 3.21. The minimum atomic E-state index is -0.649. The van der Waals surface area contributed by atoms with Crippen LogP contribution in [0, 0.1) is 0 Å². The molecule has 0 saturated carbocycles. The van der Waals surface area contributed by atoms with Gasteiger partial charge < -0.3 is 4.74 Å². The van der Waals surface area contributed by atoms with E-state index in [1.807, 2.05) is 48.5 Å². The molecule has 24 heavy (non-hydrogen) atoms. The predicted octanol–water partition coefficient (Wildman–Crippen LogP) is 3.62. The van der Waals surface area contributed by atoms with Crippen molar-refractivity contribution in [3.05, 3.63) is 96.3 Å². The molecule has 118 valence electrons. The predicted molar refractivity (Wildman–Crippen MR) is 91.9 cm³/mol. The Labute approximate surface area is 139 Å². The van der Waals surface area contributed by atoms with Crippen molar-refractivity contribution in [1.29, 1.82) is 0 Å². The van der Waals surface area contributed by atoms with Gasteiger partial charge in [0.2, 0.25) is 0 Å². The van der Waals surface area contributed by atoms with E-state index in [0.717, 1.165) is 11.1 Å². The summed E-state index contributed by atoms with van der Waals surface area (Å²) in [6.45, 7) is 0. The standard InChI is InChI=1S/C19H15N3O2/c23-19(24-17-9-5-2-6-10-17)22-21-18(15-7-3-1-4-8-15)16-11-13-20-14-12-16/h1-14H,(H,22,23). The van der Waals surface area contributed by atoms with Crippen molar-refractivity contribution >= 4 is 11.8 Å². The molecule has 1 amide bonds. The van der Waals surface area contributed by atoms with Crippen LogP contribution in [0.1, 0.15) is 11.1 Å². The normalized spacial score (nSPS) is 10.9. The van der Waals surface area contributed by atoms with Gasteiger partial charge in [0, 0.05) is 23.5 Å². The van der Waals surface area contributed by atoms with Crippen molar-refractivity contribution in [2.45, 2.75) is 0 Å². The van der Waals surface area contributed by atoms with Crippen LogP contribution >= 0.6 is 0 Å². The molecule has 0 saturated heterocycles. The highest BCUT2D eigenvalue weighted by Gasteiger charge is 2.08. The number of pyridine rings is 1. The first-order valence-electron chi connectivity index (χ1n) is 7.39. The highest BCUT2D eigenvalue weighted by Crippen LogP contribution is 2.11. The van der Waals surface area contributed by atoms with E-state index in [9.17, 15) is 4.79 Å². The lowest BCUT2D eigenvalue weighted by molar-refractivity contribution is 0.201. The van der Waals surface area contributed by atoms with Gasteiger partial charge in [-0.15, -0.1) is 0 Å². The Morgan fingerprint density at radius 2 is 1.42 bits per heavy atom. The first-order valence-corrected chi connectivity index (χ1v) is 7.39. The Bertz CT molecular complexity index is 778. The molecule has 2 aromatic carbocycles.